The van der Waals surface area contributed by atoms with E-state index in [0.717, 1.165) is 25.7 Å². The summed E-state index contributed by atoms with van der Waals surface area (Å²) in [5.41, 5.74) is 6.65. The van der Waals surface area contributed by atoms with Crippen LogP contribution in [0.5, 0.6) is 0 Å². The number of para-hydroxylation sites is 1. The van der Waals surface area contributed by atoms with Crippen LogP contribution >= 0.6 is 24.8 Å². The van der Waals surface area contributed by atoms with Crippen LogP contribution in [0.1, 0.15) is 32.6 Å². The van der Waals surface area contributed by atoms with Gasteiger partial charge < -0.3 is 15.5 Å². The van der Waals surface area contributed by atoms with Crippen LogP contribution in [-0.4, -0.2) is 58.0 Å². The number of nitrogens with zero attached hydrogens (tertiary/aromatic N) is 2. The molecule has 3 rings (SSSR count). The van der Waals surface area contributed by atoms with E-state index >= 15 is 0 Å². The van der Waals surface area contributed by atoms with Crippen molar-refractivity contribution in [3.63, 3.8) is 0 Å². The van der Waals surface area contributed by atoms with E-state index in [0.29, 0.717) is 31.9 Å². The van der Waals surface area contributed by atoms with E-state index in [1.54, 1.807) is 12.1 Å². The molecule has 0 radical (unpaired) electrons. The molecule has 1 amide bonds. The highest BCUT2D eigenvalue weighted by Crippen LogP contribution is 2.33. The average molecular weight is 467 g/mol. The van der Waals surface area contributed by atoms with E-state index in [1.807, 2.05) is 28.9 Å². The average Bonchev–Trinajstić information content (AvgIpc) is 2.67. The van der Waals surface area contributed by atoms with Gasteiger partial charge >= 0.3 is 0 Å². The summed E-state index contributed by atoms with van der Waals surface area (Å²) < 4.78 is 27.0. The van der Waals surface area contributed by atoms with E-state index in [9.17, 15) is 13.2 Å². The van der Waals surface area contributed by atoms with Gasteiger partial charge in [-0.15, -0.1) is 24.8 Å². The number of hydrogen-bond acceptors (Lipinski definition) is 5. The van der Waals surface area contributed by atoms with Crippen molar-refractivity contribution in [3.8, 4) is 0 Å². The molecule has 1 aromatic rings. The molecule has 29 heavy (non-hydrogen) atoms. The Morgan fingerprint density at radius 1 is 1.14 bits per heavy atom. The first-order valence-corrected chi connectivity index (χ1v) is 11.1. The lowest BCUT2D eigenvalue weighted by molar-refractivity contribution is -0.139. The largest absolute Gasteiger partial charge is 0.367 e. The minimum Gasteiger partial charge on any atom is -0.367 e. The van der Waals surface area contributed by atoms with Crippen molar-refractivity contribution >= 4 is 46.4 Å². The Morgan fingerprint density at radius 2 is 1.76 bits per heavy atom. The molecule has 1 heterocycles. The first kappa shape index (κ1) is 26.0. The summed E-state index contributed by atoms with van der Waals surface area (Å²) in [6.45, 7) is 4.37. The highest BCUT2D eigenvalue weighted by molar-refractivity contribution is 7.89. The fraction of sp³-hybridized carbons (Fsp3) is 0.632. The van der Waals surface area contributed by atoms with Gasteiger partial charge in [-0.05, 0) is 38.9 Å². The van der Waals surface area contributed by atoms with Gasteiger partial charge in [0, 0.05) is 31.7 Å². The number of amides is 1. The van der Waals surface area contributed by atoms with Crippen molar-refractivity contribution in [2.75, 3.05) is 38.1 Å². The summed E-state index contributed by atoms with van der Waals surface area (Å²) in [6.07, 6.45) is 3.88. The molecule has 2 atom stereocenters. The zero-order chi connectivity index (χ0) is 19.7. The zero-order valence-electron chi connectivity index (χ0n) is 17.0. The van der Waals surface area contributed by atoms with Gasteiger partial charge in [-0.25, -0.2) is 13.1 Å². The summed E-state index contributed by atoms with van der Waals surface area (Å²) in [5.74, 6) is 0.0326. The van der Waals surface area contributed by atoms with Crippen molar-refractivity contribution in [2.24, 2.45) is 11.7 Å². The fourth-order valence-corrected chi connectivity index (χ4v) is 5.16. The standard InChI is InChI=1S/C19H30N4O3S.2ClH/c1-19(20)10-6-5-7-15(19)18(24)23-13-11-22(12-14-23)16-8-3-4-9-17(16)27(25,26)21-2;;/h3-4,8-9,15,21H,5-7,10-14,20H2,1-2H3;2*1H. The number of hydrogen-bond donors (Lipinski definition) is 2. The molecule has 0 aromatic heterocycles. The van der Waals surface area contributed by atoms with Gasteiger partial charge in [-0.1, -0.05) is 25.0 Å². The van der Waals surface area contributed by atoms with Crippen molar-refractivity contribution in [3.05, 3.63) is 24.3 Å². The quantitative estimate of drug-likeness (QED) is 0.706. The molecule has 10 heteroatoms. The van der Waals surface area contributed by atoms with Gasteiger partial charge in [-0.2, -0.15) is 0 Å². The van der Waals surface area contributed by atoms with Crippen molar-refractivity contribution in [2.45, 2.75) is 43.0 Å². The fourth-order valence-electron chi connectivity index (χ4n) is 4.21. The van der Waals surface area contributed by atoms with Crippen LogP contribution < -0.4 is 15.4 Å². The van der Waals surface area contributed by atoms with E-state index in [2.05, 4.69) is 4.72 Å². The number of nitrogens with one attached hydrogen (secondary N) is 1. The maximum absolute atomic E-state index is 13.0. The van der Waals surface area contributed by atoms with Crippen molar-refractivity contribution in [1.29, 1.82) is 0 Å². The molecule has 2 unspecified atom stereocenters. The van der Waals surface area contributed by atoms with Gasteiger partial charge in [0.1, 0.15) is 4.90 Å². The molecule has 1 aromatic carbocycles. The molecule has 1 aliphatic carbocycles. The predicted octanol–water partition coefficient (Wildman–Crippen LogP) is 1.99. The normalized spacial score (nSPS) is 25.0. The van der Waals surface area contributed by atoms with Crippen molar-refractivity contribution < 1.29 is 13.2 Å². The van der Waals surface area contributed by atoms with Crippen LogP contribution in [0.2, 0.25) is 0 Å². The van der Waals surface area contributed by atoms with Gasteiger partial charge in [0.05, 0.1) is 11.6 Å². The van der Waals surface area contributed by atoms with Gasteiger partial charge in [0.25, 0.3) is 0 Å². The number of anilines is 1. The maximum atomic E-state index is 13.0. The van der Waals surface area contributed by atoms with Crippen LogP contribution in [0.3, 0.4) is 0 Å². The third-order valence-electron chi connectivity index (χ3n) is 5.91. The first-order valence-electron chi connectivity index (χ1n) is 9.61. The van der Waals surface area contributed by atoms with Crippen LogP contribution in [-0.2, 0) is 14.8 Å². The molecule has 0 spiro atoms. The molecule has 2 fully saturated rings. The smallest absolute Gasteiger partial charge is 0.242 e. The number of rotatable bonds is 4. The summed E-state index contributed by atoms with van der Waals surface area (Å²) in [5, 5.41) is 0. The number of halogens is 2. The SMILES string of the molecule is CNS(=O)(=O)c1ccccc1N1CCN(C(=O)C2CCCCC2(C)N)CC1.Cl.Cl. The number of sulfonamides is 1. The monoisotopic (exact) mass is 466 g/mol. The Bertz CT molecular complexity index is 796. The van der Waals surface area contributed by atoms with Crippen LogP contribution in [0.25, 0.3) is 0 Å². The van der Waals surface area contributed by atoms with Gasteiger partial charge in [0.15, 0.2) is 0 Å². The number of benzene rings is 1. The highest BCUT2D eigenvalue weighted by atomic mass is 35.5. The van der Waals surface area contributed by atoms with Crippen LogP contribution in [0.4, 0.5) is 5.69 Å². The van der Waals surface area contributed by atoms with Crippen LogP contribution in [0, 0.1) is 5.92 Å². The Kier molecular flexibility index (Phi) is 9.23. The lowest BCUT2D eigenvalue weighted by Crippen LogP contribution is -2.57. The molecule has 0 bridgehead atoms. The van der Waals surface area contributed by atoms with E-state index in [4.69, 9.17) is 5.73 Å². The molecule has 2 aliphatic rings. The molecule has 7 nitrogen and oxygen atoms in total. The molecule has 3 N–H and O–H groups in total. The zero-order valence-corrected chi connectivity index (χ0v) is 19.4. The first-order chi connectivity index (χ1) is 12.8. The number of carbonyl (C=O) groups is 1. The maximum Gasteiger partial charge on any atom is 0.242 e. The Balaban J connectivity index is 0.00000210. The highest BCUT2D eigenvalue weighted by Gasteiger charge is 2.40. The summed E-state index contributed by atoms with van der Waals surface area (Å²) in [7, 11) is -2.12. The Morgan fingerprint density at radius 3 is 2.34 bits per heavy atom. The van der Waals surface area contributed by atoms with Crippen LogP contribution in [0.15, 0.2) is 29.2 Å². The Hall–Kier alpha value is -1.06. The predicted molar refractivity (Wildman–Crippen MR) is 121 cm³/mol. The second-order valence-corrected chi connectivity index (χ2v) is 9.65. The molecule has 1 saturated carbocycles. The second kappa shape index (κ2) is 10.3. The lowest BCUT2D eigenvalue weighted by atomic mass is 9.74. The third-order valence-corrected chi connectivity index (χ3v) is 7.37. The lowest BCUT2D eigenvalue weighted by Gasteiger charge is -2.43. The summed E-state index contributed by atoms with van der Waals surface area (Å²) in [6, 6.07) is 6.99. The summed E-state index contributed by atoms with van der Waals surface area (Å²) in [4.78, 5) is 17.2. The van der Waals surface area contributed by atoms with Crippen molar-refractivity contribution in [1.82, 2.24) is 9.62 Å². The number of piperazine rings is 1. The number of carbonyl (C=O) groups excluding carboxylic acids is 1. The van der Waals surface area contributed by atoms with E-state index < -0.39 is 15.6 Å². The third kappa shape index (κ3) is 5.55. The van der Waals surface area contributed by atoms with E-state index in [1.165, 1.54) is 7.05 Å². The number of nitrogens with two attached hydrogens (primary N) is 1. The molecular formula is C19H32Cl2N4O3S. The Labute approximate surface area is 186 Å². The molecule has 1 aliphatic heterocycles. The van der Waals surface area contributed by atoms with E-state index in [-0.39, 0.29) is 41.5 Å². The molecule has 166 valence electrons. The minimum absolute atomic E-state index is 0. The van der Waals surface area contributed by atoms with Gasteiger partial charge in [0.2, 0.25) is 15.9 Å². The molecular weight excluding hydrogens is 435 g/mol. The summed E-state index contributed by atoms with van der Waals surface area (Å²) >= 11 is 0. The molecule has 1 saturated heterocycles. The minimum atomic E-state index is -3.53. The second-order valence-electron chi connectivity index (χ2n) is 7.79. The topological polar surface area (TPSA) is 95.7 Å². The van der Waals surface area contributed by atoms with Gasteiger partial charge in [-0.3, -0.25) is 4.79 Å².